The van der Waals surface area contributed by atoms with E-state index in [2.05, 4.69) is 21.1 Å². The molecule has 0 aliphatic heterocycles. The first-order valence-electron chi connectivity index (χ1n) is 6.06. The third kappa shape index (κ3) is 3.95. The first-order valence-corrected chi connectivity index (χ1v) is 7.23. The Labute approximate surface area is 135 Å². The number of oxime groups is 1. The van der Waals surface area contributed by atoms with Gasteiger partial charge in [0.1, 0.15) is 18.2 Å². The summed E-state index contributed by atoms with van der Waals surface area (Å²) >= 11 is 9.43. The van der Waals surface area contributed by atoms with Gasteiger partial charge in [0.05, 0.1) is 5.71 Å². The Kier molecular flexibility index (Phi) is 5.20. The molecule has 0 saturated carbocycles. The van der Waals surface area contributed by atoms with E-state index in [1.165, 1.54) is 18.2 Å². The van der Waals surface area contributed by atoms with Gasteiger partial charge in [-0.05, 0) is 31.2 Å². The van der Waals surface area contributed by atoms with Crippen molar-refractivity contribution in [1.82, 2.24) is 0 Å². The van der Waals surface area contributed by atoms with Crippen LogP contribution in [-0.4, -0.2) is 10.9 Å². The van der Waals surface area contributed by atoms with Gasteiger partial charge < -0.3 is 9.94 Å². The van der Waals surface area contributed by atoms with E-state index in [1.54, 1.807) is 13.0 Å². The number of halogens is 3. The molecule has 0 aliphatic rings. The van der Waals surface area contributed by atoms with Gasteiger partial charge in [0.25, 0.3) is 0 Å². The van der Waals surface area contributed by atoms with Gasteiger partial charge in [0.15, 0.2) is 0 Å². The second kappa shape index (κ2) is 6.91. The van der Waals surface area contributed by atoms with Gasteiger partial charge in [-0.1, -0.05) is 38.8 Å². The summed E-state index contributed by atoms with van der Waals surface area (Å²) in [6, 6.07) is 9.45. The van der Waals surface area contributed by atoms with Crippen LogP contribution in [0, 0.1) is 5.82 Å². The molecule has 0 aromatic heterocycles. The number of nitrogens with zero attached hydrogens (tertiary/aromatic N) is 1. The highest BCUT2D eigenvalue weighted by atomic mass is 79.9. The Bertz CT molecular complexity index is 691. The Hall–Kier alpha value is -1.59. The van der Waals surface area contributed by atoms with Crippen LogP contribution in [0.25, 0.3) is 0 Å². The molecule has 0 heterocycles. The van der Waals surface area contributed by atoms with Crippen LogP contribution in [0.2, 0.25) is 5.02 Å². The molecule has 0 saturated heterocycles. The first-order chi connectivity index (χ1) is 10.0. The molecule has 2 aromatic carbocycles. The lowest BCUT2D eigenvalue weighted by atomic mass is 10.1. The molecular weight excluding hydrogens is 361 g/mol. The molecule has 0 unspecified atom stereocenters. The Morgan fingerprint density at radius 2 is 2.10 bits per heavy atom. The van der Waals surface area contributed by atoms with Gasteiger partial charge >= 0.3 is 0 Å². The van der Waals surface area contributed by atoms with E-state index in [0.717, 1.165) is 10.0 Å². The molecule has 2 aromatic rings. The molecular formula is C15H12BrClFNO2. The summed E-state index contributed by atoms with van der Waals surface area (Å²) in [4.78, 5) is 0. The molecule has 0 atom stereocenters. The van der Waals surface area contributed by atoms with Gasteiger partial charge in [-0.15, -0.1) is 0 Å². The molecule has 1 N–H and O–H groups in total. The quantitative estimate of drug-likeness (QED) is 0.465. The van der Waals surface area contributed by atoms with Crippen LogP contribution in [0.4, 0.5) is 4.39 Å². The van der Waals surface area contributed by atoms with Crippen molar-refractivity contribution in [3.8, 4) is 5.75 Å². The van der Waals surface area contributed by atoms with E-state index in [9.17, 15) is 4.39 Å². The summed E-state index contributed by atoms with van der Waals surface area (Å²) in [5, 5.41) is 12.5. The molecule has 21 heavy (non-hydrogen) atoms. The molecule has 0 aliphatic carbocycles. The fourth-order valence-electron chi connectivity index (χ4n) is 1.76. The van der Waals surface area contributed by atoms with Crippen molar-refractivity contribution in [2.75, 3.05) is 0 Å². The summed E-state index contributed by atoms with van der Waals surface area (Å²) in [7, 11) is 0. The molecule has 0 fully saturated rings. The van der Waals surface area contributed by atoms with Gasteiger partial charge in [0, 0.05) is 26.7 Å². The summed E-state index contributed by atoms with van der Waals surface area (Å²) in [6.07, 6.45) is 0. The van der Waals surface area contributed by atoms with Crippen molar-refractivity contribution in [2.24, 2.45) is 5.16 Å². The topological polar surface area (TPSA) is 41.8 Å². The third-order valence-corrected chi connectivity index (χ3v) is 3.73. The first kappa shape index (κ1) is 15.8. The minimum absolute atomic E-state index is 0.182. The van der Waals surface area contributed by atoms with Crippen LogP contribution in [0.1, 0.15) is 18.1 Å². The standard InChI is InChI=1S/C15H12BrClFNO2/c1-9(19-20)13-5-4-12(18)7-15(13)21-8-10-2-3-11(16)6-14(10)17/h2-7,20H,8H2,1H3/b19-9-. The zero-order chi connectivity index (χ0) is 15.4. The normalized spacial score (nSPS) is 11.5. The van der Waals surface area contributed by atoms with E-state index in [0.29, 0.717) is 22.0 Å². The van der Waals surface area contributed by atoms with E-state index in [4.69, 9.17) is 21.5 Å². The molecule has 110 valence electrons. The Balaban J connectivity index is 2.25. The van der Waals surface area contributed by atoms with Crippen molar-refractivity contribution < 1.29 is 14.3 Å². The number of hydrogen-bond donors (Lipinski definition) is 1. The fourth-order valence-corrected chi connectivity index (χ4v) is 2.49. The number of benzene rings is 2. The smallest absolute Gasteiger partial charge is 0.131 e. The van der Waals surface area contributed by atoms with E-state index < -0.39 is 5.82 Å². The molecule has 0 radical (unpaired) electrons. The van der Waals surface area contributed by atoms with Crippen molar-refractivity contribution in [3.05, 3.63) is 62.8 Å². The van der Waals surface area contributed by atoms with Crippen molar-refractivity contribution in [2.45, 2.75) is 13.5 Å². The maximum Gasteiger partial charge on any atom is 0.131 e. The van der Waals surface area contributed by atoms with Gasteiger partial charge in [-0.25, -0.2) is 4.39 Å². The van der Waals surface area contributed by atoms with E-state index >= 15 is 0 Å². The Morgan fingerprint density at radius 1 is 1.33 bits per heavy atom. The van der Waals surface area contributed by atoms with Crippen LogP contribution in [0.5, 0.6) is 5.75 Å². The zero-order valence-corrected chi connectivity index (χ0v) is 13.4. The SMILES string of the molecule is C/C(=N/O)c1ccc(F)cc1OCc1ccc(Br)cc1Cl. The van der Waals surface area contributed by atoms with E-state index in [1.807, 2.05) is 12.1 Å². The van der Waals surface area contributed by atoms with Gasteiger partial charge in [-0.2, -0.15) is 0 Å². The summed E-state index contributed by atoms with van der Waals surface area (Å²) in [5.74, 6) is -0.134. The lowest BCUT2D eigenvalue weighted by molar-refractivity contribution is 0.302. The predicted molar refractivity (Wildman–Crippen MR) is 83.9 cm³/mol. The predicted octanol–water partition coefficient (Wildman–Crippen LogP) is 5.02. The Morgan fingerprint density at radius 3 is 2.76 bits per heavy atom. The highest BCUT2D eigenvalue weighted by molar-refractivity contribution is 9.10. The minimum atomic E-state index is -0.429. The molecule has 2 rings (SSSR count). The minimum Gasteiger partial charge on any atom is -0.488 e. The maximum atomic E-state index is 13.4. The largest absolute Gasteiger partial charge is 0.488 e. The maximum absolute atomic E-state index is 13.4. The second-order valence-electron chi connectivity index (χ2n) is 4.35. The van der Waals surface area contributed by atoms with Gasteiger partial charge in [0.2, 0.25) is 0 Å². The number of rotatable bonds is 4. The van der Waals surface area contributed by atoms with E-state index in [-0.39, 0.29) is 6.61 Å². The summed E-state index contributed by atoms with van der Waals surface area (Å²) < 4.78 is 19.8. The average Bonchev–Trinajstić information content (AvgIpc) is 2.45. The highest BCUT2D eigenvalue weighted by Crippen LogP contribution is 2.25. The third-order valence-electron chi connectivity index (χ3n) is 2.88. The lowest BCUT2D eigenvalue weighted by Gasteiger charge is -2.12. The molecule has 6 heteroatoms. The molecule has 0 spiro atoms. The lowest BCUT2D eigenvalue weighted by Crippen LogP contribution is -2.03. The number of hydrogen-bond acceptors (Lipinski definition) is 3. The van der Waals surface area contributed by atoms with Crippen LogP contribution in [0.15, 0.2) is 46.0 Å². The van der Waals surface area contributed by atoms with Crippen molar-refractivity contribution in [3.63, 3.8) is 0 Å². The van der Waals surface area contributed by atoms with Crippen LogP contribution < -0.4 is 4.74 Å². The molecule has 3 nitrogen and oxygen atoms in total. The van der Waals surface area contributed by atoms with Crippen LogP contribution in [-0.2, 0) is 6.61 Å². The second-order valence-corrected chi connectivity index (χ2v) is 5.67. The fraction of sp³-hybridized carbons (Fsp3) is 0.133. The van der Waals surface area contributed by atoms with Crippen LogP contribution in [0.3, 0.4) is 0 Å². The summed E-state index contributed by atoms with van der Waals surface area (Å²) in [5.41, 5.74) is 1.63. The average molecular weight is 373 g/mol. The van der Waals surface area contributed by atoms with Crippen molar-refractivity contribution in [1.29, 1.82) is 0 Å². The number of ether oxygens (including phenoxy) is 1. The van der Waals surface area contributed by atoms with Crippen LogP contribution >= 0.6 is 27.5 Å². The monoisotopic (exact) mass is 371 g/mol. The zero-order valence-electron chi connectivity index (χ0n) is 11.1. The molecule has 0 bridgehead atoms. The van der Waals surface area contributed by atoms with Gasteiger partial charge in [-0.3, -0.25) is 0 Å². The van der Waals surface area contributed by atoms with Crippen molar-refractivity contribution >= 4 is 33.2 Å². The highest BCUT2D eigenvalue weighted by Gasteiger charge is 2.10. The molecule has 0 amide bonds. The summed E-state index contributed by atoms with van der Waals surface area (Å²) in [6.45, 7) is 1.79.